The van der Waals surface area contributed by atoms with Crippen molar-refractivity contribution < 1.29 is 0 Å². The third kappa shape index (κ3) is 3.20. The number of aryl methyl sites for hydroxylation is 1. The largest absolute Gasteiger partial charge is 0.370 e. The first-order valence-electron chi connectivity index (χ1n) is 7.90. The van der Waals surface area contributed by atoms with Crippen LogP contribution in [0.25, 0.3) is 0 Å². The Labute approximate surface area is 132 Å². The molecule has 1 saturated heterocycles. The minimum Gasteiger partial charge on any atom is -0.370 e. The summed E-state index contributed by atoms with van der Waals surface area (Å²) in [6.45, 7) is 5.22. The van der Waals surface area contributed by atoms with Crippen LogP contribution in [0.4, 0.5) is 0 Å². The molecule has 1 aliphatic heterocycles. The molecule has 1 aromatic carbocycles. The highest BCUT2D eigenvalue weighted by atomic mass is 32.2. The average molecular weight is 303 g/mol. The van der Waals surface area contributed by atoms with Crippen molar-refractivity contribution in [2.45, 2.75) is 31.6 Å². The van der Waals surface area contributed by atoms with E-state index >= 15 is 0 Å². The number of rotatable bonds is 2. The first-order valence-corrected chi connectivity index (χ1v) is 9.05. The quantitative estimate of drug-likeness (QED) is 0.674. The number of hydrogen-bond donors (Lipinski definition) is 1. The Kier molecular flexibility index (Phi) is 4.43. The fraction of sp³-hybridized carbons (Fsp3) is 0.588. The van der Waals surface area contributed by atoms with Gasteiger partial charge in [0.1, 0.15) is 0 Å². The highest BCUT2D eigenvalue weighted by Gasteiger charge is 2.31. The fourth-order valence-electron chi connectivity index (χ4n) is 3.44. The van der Waals surface area contributed by atoms with Crippen LogP contribution < -0.4 is 5.73 Å². The van der Waals surface area contributed by atoms with E-state index in [1.807, 2.05) is 11.8 Å². The summed E-state index contributed by atoms with van der Waals surface area (Å²) in [5.41, 5.74) is 9.32. The van der Waals surface area contributed by atoms with Crippen LogP contribution in [-0.2, 0) is 11.8 Å². The van der Waals surface area contributed by atoms with Crippen LogP contribution in [0.2, 0.25) is 0 Å². The number of aliphatic imine (C=N–C) groups is 1. The molecule has 1 atom stereocenters. The van der Waals surface area contributed by atoms with Gasteiger partial charge in [-0.15, -0.1) is 0 Å². The van der Waals surface area contributed by atoms with E-state index in [2.05, 4.69) is 36.1 Å². The molecule has 21 heavy (non-hydrogen) atoms. The molecule has 114 valence electrons. The predicted molar refractivity (Wildman–Crippen MR) is 92.1 cm³/mol. The Morgan fingerprint density at radius 2 is 2.10 bits per heavy atom. The van der Waals surface area contributed by atoms with Crippen LogP contribution in [-0.4, -0.2) is 42.0 Å². The van der Waals surface area contributed by atoms with Gasteiger partial charge in [-0.3, -0.25) is 4.99 Å². The second kappa shape index (κ2) is 6.30. The Morgan fingerprint density at radius 3 is 2.90 bits per heavy atom. The van der Waals surface area contributed by atoms with Crippen molar-refractivity contribution in [1.29, 1.82) is 0 Å². The summed E-state index contributed by atoms with van der Waals surface area (Å²) in [5.74, 6) is 3.06. The first-order chi connectivity index (χ1) is 10.2. The molecule has 1 aliphatic carbocycles. The second-order valence-corrected chi connectivity index (χ2v) is 7.57. The van der Waals surface area contributed by atoms with Crippen molar-refractivity contribution in [3.63, 3.8) is 0 Å². The minimum atomic E-state index is 0.143. The van der Waals surface area contributed by atoms with Crippen LogP contribution in [0.15, 0.2) is 29.3 Å². The molecule has 1 unspecified atom stereocenters. The van der Waals surface area contributed by atoms with Crippen molar-refractivity contribution >= 4 is 17.7 Å². The molecule has 1 fully saturated rings. The molecule has 0 spiro atoms. The number of hydrogen-bond acceptors (Lipinski definition) is 2. The van der Waals surface area contributed by atoms with Crippen LogP contribution >= 0.6 is 11.8 Å². The maximum Gasteiger partial charge on any atom is 0.191 e. The van der Waals surface area contributed by atoms with Gasteiger partial charge in [-0.05, 0) is 30.4 Å². The predicted octanol–water partition coefficient (Wildman–Crippen LogP) is 2.64. The molecular weight excluding hydrogens is 278 g/mol. The normalized spacial score (nSPS) is 26.5. The monoisotopic (exact) mass is 303 g/mol. The zero-order chi connectivity index (χ0) is 14.7. The third-order valence-electron chi connectivity index (χ3n) is 4.77. The van der Waals surface area contributed by atoms with Crippen molar-refractivity contribution in [2.24, 2.45) is 10.7 Å². The van der Waals surface area contributed by atoms with Gasteiger partial charge in [0.05, 0.1) is 6.54 Å². The molecule has 4 heteroatoms. The van der Waals surface area contributed by atoms with Crippen LogP contribution in [0.1, 0.15) is 30.9 Å². The molecule has 0 aromatic heterocycles. The van der Waals surface area contributed by atoms with Gasteiger partial charge in [0.25, 0.3) is 0 Å². The van der Waals surface area contributed by atoms with Gasteiger partial charge in [-0.1, -0.05) is 31.2 Å². The maximum atomic E-state index is 6.21. The van der Waals surface area contributed by atoms with Crippen molar-refractivity contribution in [3.05, 3.63) is 35.4 Å². The van der Waals surface area contributed by atoms with Gasteiger partial charge in [-0.2, -0.15) is 11.8 Å². The highest BCUT2D eigenvalue weighted by molar-refractivity contribution is 7.99. The van der Waals surface area contributed by atoms with E-state index in [9.17, 15) is 0 Å². The lowest BCUT2D eigenvalue weighted by Crippen LogP contribution is -2.43. The lowest BCUT2D eigenvalue weighted by Gasteiger charge is -2.35. The van der Waals surface area contributed by atoms with E-state index in [0.717, 1.165) is 37.1 Å². The molecule has 0 bridgehead atoms. The molecule has 0 radical (unpaired) electrons. The van der Waals surface area contributed by atoms with E-state index in [-0.39, 0.29) is 5.41 Å². The number of benzene rings is 1. The van der Waals surface area contributed by atoms with Gasteiger partial charge >= 0.3 is 0 Å². The lowest BCUT2D eigenvalue weighted by atomic mass is 9.71. The summed E-state index contributed by atoms with van der Waals surface area (Å²) in [4.78, 5) is 6.98. The molecule has 3 nitrogen and oxygen atoms in total. The summed E-state index contributed by atoms with van der Waals surface area (Å²) in [5, 5.41) is 0. The van der Waals surface area contributed by atoms with Crippen molar-refractivity contribution in [2.75, 3.05) is 31.1 Å². The molecule has 3 rings (SSSR count). The van der Waals surface area contributed by atoms with Crippen LogP contribution in [0.5, 0.6) is 0 Å². The summed E-state index contributed by atoms with van der Waals surface area (Å²) in [7, 11) is 0. The lowest BCUT2D eigenvalue weighted by molar-refractivity contribution is 0.397. The van der Waals surface area contributed by atoms with Crippen molar-refractivity contribution in [3.8, 4) is 0 Å². The highest BCUT2D eigenvalue weighted by Crippen LogP contribution is 2.37. The number of fused-ring (bicyclic) bond motifs is 1. The van der Waals surface area contributed by atoms with E-state index in [0.29, 0.717) is 0 Å². The first kappa shape index (κ1) is 14.8. The Balaban J connectivity index is 1.75. The van der Waals surface area contributed by atoms with E-state index in [1.165, 1.54) is 30.4 Å². The zero-order valence-corrected chi connectivity index (χ0v) is 13.7. The zero-order valence-electron chi connectivity index (χ0n) is 12.8. The topological polar surface area (TPSA) is 41.6 Å². The fourth-order valence-corrected chi connectivity index (χ4v) is 4.35. The van der Waals surface area contributed by atoms with E-state index < -0.39 is 0 Å². The molecule has 1 aromatic rings. The van der Waals surface area contributed by atoms with Gasteiger partial charge in [-0.25, -0.2) is 0 Å². The SMILES string of the molecule is CC1(CN=C(N)N2CCSCC2)CCCc2ccccc21. The number of nitrogens with two attached hydrogens (primary N) is 1. The van der Waals surface area contributed by atoms with E-state index in [1.54, 1.807) is 0 Å². The number of guanidine groups is 1. The third-order valence-corrected chi connectivity index (χ3v) is 5.71. The Hall–Kier alpha value is -1.16. The van der Waals surface area contributed by atoms with Crippen molar-refractivity contribution in [1.82, 2.24) is 4.90 Å². The Morgan fingerprint density at radius 1 is 1.33 bits per heavy atom. The van der Waals surface area contributed by atoms with E-state index in [4.69, 9.17) is 10.7 Å². The van der Waals surface area contributed by atoms with Crippen LogP contribution in [0, 0.1) is 0 Å². The van der Waals surface area contributed by atoms with Gasteiger partial charge in [0.15, 0.2) is 5.96 Å². The summed E-state index contributed by atoms with van der Waals surface area (Å²) in [6, 6.07) is 8.84. The molecule has 1 heterocycles. The number of thioether (sulfide) groups is 1. The molecule has 0 amide bonds. The van der Waals surface area contributed by atoms with Gasteiger partial charge in [0, 0.05) is 30.0 Å². The second-order valence-electron chi connectivity index (χ2n) is 6.35. The summed E-state index contributed by atoms with van der Waals surface area (Å²) in [6.07, 6.45) is 3.66. The minimum absolute atomic E-state index is 0.143. The summed E-state index contributed by atoms with van der Waals surface area (Å²) >= 11 is 2.00. The standard InChI is InChI=1S/C17H25N3S/c1-17(8-4-6-14-5-2-3-7-15(14)17)13-19-16(18)20-9-11-21-12-10-20/h2-3,5,7H,4,6,8-13H2,1H3,(H2,18,19). The maximum absolute atomic E-state index is 6.21. The molecule has 2 N–H and O–H groups in total. The van der Waals surface area contributed by atoms with Crippen LogP contribution in [0.3, 0.4) is 0 Å². The number of nitrogens with zero attached hydrogens (tertiary/aromatic N) is 2. The van der Waals surface area contributed by atoms with Gasteiger partial charge in [0.2, 0.25) is 0 Å². The van der Waals surface area contributed by atoms with Gasteiger partial charge < -0.3 is 10.6 Å². The molecule has 2 aliphatic rings. The molecule has 0 saturated carbocycles. The average Bonchev–Trinajstić information content (AvgIpc) is 2.54. The molecular formula is C17H25N3S. The summed E-state index contributed by atoms with van der Waals surface area (Å²) < 4.78 is 0. The Bertz CT molecular complexity index is 523. The smallest absolute Gasteiger partial charge is 0.191 e.